The van der Waals surface area contributed by atoms with Crippen LogP contribution in [0.4, 0.5) is 0 Å². The molecule has 3 N–H and O–H groups in total. The first kappa shape index (κ1) is 37.6. The van der Waals surface area contributed by atoms with Gasteiger partial charge in [-0.15, -0.1) is 0 Å². The molecule has 0 amide bonds. The third-order valence-electron chi connectivity index (χ3n) is 12.0. The summed E-state index contributed by atoms with van der Waals surface area (Å²) < 4.78 is 7.40. The summed E-state index contributed by atoms with van der Waals surface area (Å²) >= 11 is 0. The molecule has 3 aromatic heterocycles. The van der Waals surface area contributed by atoms with Gasteiger partial charge in [-0.3, -0.25) is 16.2 Å². The first-order chi connectivity index (χ1) is 26.5. The summed E-state index contributed by atoms with van der Waals surface area (Å²) in [7, 11) is 0. The lowest BCUT2D eigenvalue weighted by atomic mass is 10.1. The van der Waals surface area contributed by atoms with E-state index in [-0.39, 0.29) is 0 Å². The highest BCUT2D eigenvalue weighted by Crippen LogP contribution is 2.27. The van der Waals surface area contributed by atoms with Crippen molar-refractivity contribution in [1.29, 1.82) is 16.2 Å². The number of hydrogen-bond donors (Lipinski definition) is 3. The number of pyridine rings is 3. The minimum Gasteiger partial charge on any atom is -0.344 e. The second-order valence-electron chi connectivity index (χ2n) is 15.5. The van der Waals surface area contributed by atoms with Crippen LogP contribution in [-0.2, 0) is 58.2 Å². The van der Waals surface area contributed by atoms with E-state index in [4.69, 9.17) is 16.2 Å². The first-order valence-corrected chi connectivity index (χ1v) is 21.0. The van der Waals surface area contributed by atoms with Gasteiger partial charge in [-0.1, -0.05) is 94.6 Å². The maximum atomic E-state index is 8.42. The normalized spacial score (nSPS) is 14.1. The van der Waals surface area contributed by atoms with E-state index in [0.717, 1.165) is 96.8 Å². The summed E-state index contributed by atoms with van der Waals surface area (Å²) in [4.78, 5) is 0. The smallest absolute Gasteiger partial charge is 0.0682 e. The fraction of sp³-hybridized carbons (Fsp3) is 0.438. The average Bonchev–Trinajstić information content (AvgIpc) is 4.01. The number of nitrogens with zero attached hydrogens (tertiary/aromatic N) is 3. The molecule has 6 nitrogen and oxygen atoms in total. The molecule has 3 aliphatic carbocycles. The van der Waals surface area contributed by atoms with Gasteiger partial charge in [0.1, 0.15) is 0 Å². The zero-order chi connectivity index (χ0) is 37.6. The molecule has 6 heteroatoms. The number of nitrogens with one attached hydrogen (secondary N) is 3. The van der Waals surface area contributed by atoms with Crippen molar-refractivity contribution in [3.05, 3.63) is 123 Å². The molecule has 0 unspecified atom stereocenters. The first-order valence-electron chi connectivity index (χ1n) is 21.0. The third-order valence-corrected chi connectivity index (χ3v) is 12.0. The highest BCUT2D eigenvalue weighted by molar-refractivity contribution is 5.81. The molecule has 3 heterocycles. The maximum absolute atomic E-state index is 8.42. The Hall–Kier alpha value is -4.71. The Morgan fingerprint density at radius 2 is 0.759 bits per heavy atom. The predicted molar refractivity (Wildman–Crippen MR) is 224 cm³/mol. The van der Waals surface area contributed by atoms with Crippen molar-refractivity contribution in [1.82, 2.24) is 13.7 Å². The third kappa shape index (κ3) is 7.24. The highest BCUT2D eigenvalue weighted by atomic mass is 15.0. The quantitative estimate of drug-likeness (QED) is 0.124. The fourth-order valence-electron chi connectivity index (χ4n) is 9.40. The van der Waals surface area contributed by atoms with Crippen molar-refractivity contribution >= 4 is 32.7 Å². The van der Waals surface area contributed by atoms with Crippen LogP contribution in [0.1, 0.15) is 112 Å². The van der Waals surface area contributed by atoms with Gasteiger partial charge in [0.2, 0.25) is 0 Å². The molecule has 0 fully saturated rings. The van der Waals surface area contributed by atoms with Crippen LogP contribution in [0.5, 0.6) is 0 Å². The van der Waals surface area contributed by atoms with Crippen molar-refractivity contribution in [2.24, 2.45) is 0 Å². The Balaban J connectivity index is 0.000000125. The average molecular weight is 721 g/mol. The summed E-state index contributed by atoms with van der Waals surface area (Å²) in [6.07, 6.45) is 17.7. The van der Waals surface area contributed by atoms with Crippen molar-refractivity contribution in [2.75, 3.05) is 0 Å². The van der Waals surface area contributed by atoms with Gasteiger partial charge in [0, 0.05) is 52.9 Å². The number of unbranched alkanes of at least 4 members (excludes halogenated alkanes) is 3. The Morgan fingerprint density at radius 1 is 0.407 bits per heavy atom. The van der Waals surface area contributed by atoms with Crippen molar-refractivity contribution in [2.45, 2.75) is 137 Å². The molecule has 0 aliphatic heterocycles. The van der Waals surface area contributed by atoms with E-state index >= 15 is 0 Å². The van der Waals surface area contributed by atoms with Gasteiger partial charge < -0.3 is 13.7 Å². The van der Waals surface area contributed by atoms with E-state index in [0.29, 0.717) is 0 Å². The summed E-state index contributed by atoms with van der Waals surface area (Å²) in [6, 6.07) is 25.2. The van der Waals surface area contributed by atoms with Crippen molar-refractivity contribution in [3.63, 3.8) is 0 Å². The molecule has 9 rings (SSSR count). The molecular weight excluding hydrogens is 661 g/mol. The number of hydrogen-bond acceptors (Lipinski definition) is 3. The monoisotopic (exact) mass is 720 g/mol. The molecule has 282 valence electrons. The Bertz CT molecular complexity index is 2460. The van der Waals surface area contributed by atoms with Gasteiger partial charge in [-0.2, -0.15) is 0 Å². The minimum absolute atomic E-state index is 0.764. The van der Waals surface area contributed by atoms with E-state index in [1.807, 2.05) is 12.1 Å². The number of benzene rings is 3. The lowest BCUT2D eigenvalue weighted by Crippen LogP contribution is -2.17. The zero-order valence-electron chi connectivity index (χ0n) is 33.0. The number of fused-ring (bicyclic) bond motifs is 6. The molecule has 0 saturated carbocycles. The van der Waals surface area contributed by atoms with Gasteiger partial charge >= 0.3 is 0 Å². The van der Waals surface area contributed by atoms with Gasteiger partial charge in [0.15, 0.2) is 0 Å². The Morgan fingerprint density at radius 3 is 1.13 bits per heavy atom. The van der Waals surface area contributed by atoms with E-state index in [9.17, 15) is 0 Å². The summed E-state index contributed by atoms with van der Waals surface area (Å²) in [6.45, 7) is 9.99. The summed E-state index contributed by atoms with van der Waals surface area (Å²) in [5.74, 6) is 0. The molecule has 0 radical (unpaired) electrons. The number of rotatable bonds is 9. The topological polar surface area (TPSA) is 86.3 Å². The maximum Gasteiger partial charge on any atom is 0.0682 e. The van der Waals surface area contributed by atoms with E-state index in [1.54, 1.807) is 0 Å². The van der Waals surface area contributed by atoms with Crippen LogP contribution in [-0.4, -0.2) is 13.7 Å². The number of aryl methyl sites for hydroxylation is 3. The number of aromatic nitrogens is 3. The van der Waals surface area contributed by atoms with E-state index in [1.165, 1.54) is 102 Å². The zero-order valence-corrected chi connectivity index (χ0v) is 33.0. The van der Waals surface area contributed by atoms with Crippen LogP contribution in [0.2, 0.25) is 0 Å². The molecule has 3 aliphatic rings. The highest BCUT2D eigenvalue weighted by Gasteiger charge is 2.21. The molecule has 6 aromatic rings. The van der Waals surface area contributed by atoms with Gasteiger partial charge in [0.25, 0.3) is 0 Å². The van der Waals surface area contributed by atoms with Crippen LogP contribution in [0.15, 0.2) is 72.8 Å². The van der Waals surface area contributed by atoms with E-state index < -0.39 is 0 Å². The SMILES string of the molecule is CCCCCn1c2c(c(=N)c3ccccc31)CCC2.CCCCn1c2c(c(=N)c3ccccc31)CCC2.CCCn1c2c(c(=N)c3ccccc31)CCC2. The van der Waals surface area contributed by atoms with Crippen LogP contribution < -0.4 is 16.1 Å². The molecule has 0 saturated heterocycles. The molecular formula is C48H60N6. The van der Waals surface area contributed by atoms with Gasteiger partial charge in [-0.25, -0.2) is 0 Å². The lowest BCUT2D eigenvalue weighted by molar-refractivity contribution is 0.596. The molecule has 54 heavy (non-hydrogen) atoms. The molecule has 0 bridgehead atoms. The van der Waals surface area contributed by atoms with Crippen LogP contribution >= 0.6 is 0 Å². The number of para-hydroxylation sites is 3. The molecule has 0 atom stereocenters. The largest absolute Gasteiger partial charge is 0.344 e. The standard InChI is InChI=1S/C17H22N2.C16H20N2.C15H18N2/c1-2-3-6-12-19-15-10-5-4-8-13(15)17(18)14-9-7-11-16(14)19;1-2-3-11-18-14-9-5-4-7-12(14)16(17)13-8-6-10-15(13)18;1-2-10-17-13-8-4-3-6-11(13)15(16)12-7-5-9-14(12)17/h4-5,8,10,18H,2-3,6-7,9,11-12H2,1H3;4-5,7,9,17H,2-3,6,8,10-11H2,1H3;3-4,6,8,16H,2,5,7,9-10H2,1H3. The lowest BCUT2D eigenvalue weighted by Gasteiger charge is -2.17. The predicted octanol–water partition coefficient (Wildman–Crippen LogP) is 10.2. The summed E-state index contributed by atoms with van der Waals surface area (Å²) in [5.41, 5.74) is 11.9. The minimum atomic E-state index is 0.764. The second kappa shape index (κ2) is 17.2. The summed E-state index contributed by atoms with van der Waals surface area (Å²) in [5, 5.41) is 30.8. The molecule has 3 aromatic carbocycles. The Labute approximate surface area is 321 Å². The van der Waals surface area contributed by atoms with Gasteiger partial charge in [-0.05, 0) is 112 Å². The Kier molecular flexibility index (Phi) is 12.0. The van der Waals surface area contributed by atoms with Crippen LogP contribution in [0, 0.1) is 16.2 Å². The van der Waals surface area contributed by atoms with Crippen molar-refractivity contribution in [3.8, 4) is 0 Å². The van der Waals surface area contributed by atoms with Gasteiger partial charge in [0.05, 0.1) is 32.6 Å². The molecule has 0 spiro atoms. The van der Waals surface area contributed by atoms with Crippen molar-refractivity contribution < 1.29 is 0 Å². The van der Waals surface area contributed by atoms with Crippen LogP contribution in [0.25, 0.3) is 32.7 Å². The second-order valence-corrected chi connectivity index (χ2v) is 15.5. The van der Waals surface area contributed by atoms with E-state index in [2.05, 4.69) is 95.1 Å². The van der Waals surface area contributed by atoms with Crippen LogP contribution in [0.3, 0.4) is 0 Å². The fourth-order valence-corrected chi connectivity index (χ4v) is 9.40.